The van der Waals surface area contributed by atoms with Crippen molar-refractivity contribution < 1.29 is 19.4 Å². The third-order valence-electron chi connectivity index (χ3n) is 5.06. The molecule has 2 N–H and O–H groups in total. The van der Waals surface area contributed by atoms with Gasteiger partial charge in [-0.3, -0.25) is 4.79 Å². The molecular formula is C19H27NO4. The topological polar surface area (TPSA) is 75.6 Å². The summed E-state index contributed by atoms with van der Waals surface area (Å²) in [6.45, 7) is 5.88. The molecule has 0 unspecified atom stereocenters. The molecule has 1 amide bonds. The molecule has 4 atom stereocenters. The minimum atomic E-state index is -0.834. The Morgan fingerprint density at radius 1 is 1.25 bits per heavy atom. The minimum Gasteiger partial charge on any atom is -0.449 e. The maximum absolute atomic E-state index is 12.3. The molecule has 0 aliphatic heterocycles. The van der Waals surface area contributed by atoms with Crippen LogP contribution in [-0.2, 0) is 16.1 Å². The quantitative estimate of drug-likeness (QED) is 0.812. The molecule has 132 valence electrons. The predicted molar refractivity (Wildman–Crippen MR) is 91.4 cm³/mol. The van der Waals surface area contributed by atoms with Crippen molar-refractivity contribution in [2.45, 2.75) is 58.8 Å². The number of nitrogens with one attached hydrogen (secondary N) is 1. The summed E-state index contributed by atoms with van der Waals surface area (Å²) in [5, 5.41) is 12.0. The van der Waals surface area contributed by atoms with Gasteiger partial charge in [0.15, 0.2) is 6.10 Å². The number of esters is 1. The Bertz CT molecular complexity index is 569. The van der Waals surface area contributed by atoms with E-state index in [-0.39, 0.29) is 18.6 Å². The Kier molecular flexibility index (Phi) is 6.37. The first-order chi connectivity index (χ1) is 11.4. The molecule has 5 heteroatoms. The van der Waals surface area contributed by atoms with Gasteiger partial charge in [0.2, 0.25) is 0 Å². The van der Waals surface area contributed by atoms with Crippen LogP contribution in [0.5, 0.6) is 0 Å². The number of rotatable bonds is 5. The van der Waals surface area contributed by atoms with E-state index in [0.717, 1.165) is 18.4 Å². The molecule has 1 aromatic rings. The van der Waals surface area contributed by atoms with Crippen LogP contribution >= 0.6 is 0 Å². The number of hydrogen-bond donors (Lipinski definition) is 2. The summed E-state index contributed by atoms with van der Waals surface area (Å²) >= 11 is 0. The first kappa shape index (κ1) is 18.5. The van der Waals surface area contributed by atoms with Crippen LogP contribution in [0.15, 0.2) is 24.3 Å². The number of carbonyl (C=O) groups excluding carboxylic acids is 2. The van der Waals surface area contributed by atoms with Crippen LogP contribution in [0.4, 0.5) is 0 Å². The molecule has 1 fully saturated rings. The summed E-state index contributed by atoms with van der Waals surface area (Å²) in [4.78, 5) is 24.4. The second-order valence-electron chi connectivity index (χ2n) is 6.78. The van der Waals surface area contributed by atoms with E-state index in [1.165, 1.54) is 6.42 Å². The van der Waals surface area contributed by atoms with Gasteiger partial charge >= 0.3 is 5.97 Å². The summed E-state index contributed by atoms with van der Waals surface area (Å²) < 4.78 is 5.26. The summed E-state index contributed by atoms with van der Waals surface area (Å²) in [5.41, 5.74) is 1.09. The molecule has 0 heterocycles. The third kappa shape index (κ3) is 4.57. The van der Waals surface area contributed by atoms with Crippen LogP contribution in [-0.4, -0.2) is 29.1 Å². The van der Waals surface area contributed by atoms with Gasteiger partial charge < -0.3 is 15.2 Å². The first-order valence-electron chi connectivity index (χ1n) is 8.63. The van der Waals surface area contributed by atoms with Crippen LogP contribution in [0.1, 0.15) is 56.0 Å². The van der Waals surface area contributed by atoms with Gasteiger partial charge in [-0.05, 0) is 42.9 Å². The van der Waals surface area contributed by atoms with E-state index in [1.54, 1.807) is 31.2 Å². The maximum atomic E-state index is 12.3. The Hall–Kier alpha value is -1.88. The number of hydrogen-bond acceptors (Lipinski definition) is 4. The predicted octanol–water partition coefficient (Wildman–Crippen LogP) is 2.67. The molecule has 0 bridgehead atoms. The van der Waals surface area contributed by atoms with E-state index >= 15 is 0 Å². The van der Waals surface area contributed by atoms with Gasteiger partial charge in [0.1, 0.15) is 0 Å². The van der Waals surface area contributed by atoms with Crippen molar-refractivity contribution in [3.05, 3.63) is 35.4 Å². The molecule has 1 aliphatic rings. The highest BCUT2D eigenvalue weighted by Crippen LogP contribution is 2.29. The van der Waals surface area contributed by atoms with Crippen LogP contribution in [0.2, 0.25) is 0 Å². The third-order valence-corrected chi connectivity index (χ3v) is 5.06. The lowest BCUT2D eigenvalue weighted by atomic mass is 9.78. The lowest BCUT2D eigenvalue weighted by Crippen LogP contribution is -2.47. The van der Waals surface area contributed by atoms with Crippen LogP contribution in [0.25, 0.3) is 0 Å². The Balaban J connectivity index is 1.89. The van der Waals surface area contributed by atoms with Crippen molar-refractivity contribution in [1.29, 1.82) is 0 Å². The molecule has 1 aliphatic carbocycles. The fourth-order valence-electron chi connectivity index (χ4n) is 3.11. The van der Waals surface area contributed by atoms with Crippen molar-refractivity contribution >= 4 is 11.9 Å². The smallest absolute Gasteiger partial charge is 0.338 e. The van der Waals surface area contributed by atoms with Gasteiger partial charge in [-0.25, -0.2) is 4.79 Å². The lowest BCUT2D eigenvalue weighted by molar-refractivity contribution is -0.130. The number of aliphatic hydroxyl groups is 1. The van der Waals surface area contributed by atoms with Crippen molar-refractivity contribution in [2.75, 3.05) is 0 Å². The zero-order valence-corrected chi connectivity index (χ0v) is 14.6. The van der Waals surface area contributed by atoms with Crippen molar-refractivity contribution in [3.8, 4) is 0 Å². The Morgan fingerprint density at radius 3 is 2.54 bits per heavy atom. The minimum absolute atomic E-state index is 0.0773. The monoisotopic (exact) mass is 333 g/mol. The summed E-state index contributed by atoms with van der Waals surface area (Å²) in [7, 11) is 0. The number of ether oxygens (including phenoxy) is 1. The molecule has 0 aromatic heterocycles. The van der Waals surface area contributed by atoms with Crippen LogP contribution < -0.4 is 5.32 Å². The van der Waals surface area contributed by atoms with Gasteiger partial charge in [0, 0.05) is 6.04 Å². The number of amides is 1. The summed E-state index contributed by atoms with van der Waals surface area (Å²) in [6, 6.07) is 6.64. The first-order valence-corrected chi connectivity index (χ1v) is 8.63. The maximum Gasteiger partial charge on any atom is 0.338 e. The van der Waals surface area contributed by atoms with Crippen LogP contribution in [0, 0.1) is 11.8 Å². The number of carbonyl (C=O) groups is 2. The second kappa shape index (κ2) is 8.29. The molecule has 0 saturated heterocycles. The lowest BCUT2D eigenvalue weighted by Gasteiger charge is -2.35. The highest BCUT2D eigenvalue weighted by atomic mass is 16.5. The molecular weight excluding hydrogens is 306 g/mol. The fourth-order valence-corrected chi connectivity index (χ4v) is 3.11. The highest BCUT2D eigenvalue weighted by molar-refractivity contribution is 5.92. The molecule has 2 rings (SSSR count). The van der Waals surface area contributed by atoms with Crippen molar-refractivity contribution in [1.82, 2.24) is 5.32 Å². The van der Waals surface area contributed by atoms with Gasteiger partial charge in [-0.2, -0.15) is 0 Å². The zero-order valence-electron chi connectivity index (χ0n) is 14.6. The standard InChI is InChI=1S/C19H27NO4/c1-12-5-4-6-17(13(12)2)20-18(22)14(3)24-19(23)16-9-7-15(11-21)8-10-16/h7-10,12-14,17,21H,4-6,11H2,1-3H3,(H,20,22)/t12-,13+,14+,17-/m0/s1. The van der Waals surface area contributed by atoms with Gasteiger partial charge in [0.25, 0.3) is 5.91 Å². The van der Waals surface area contributed by atoms with Gasteiger partial charge in [0.05, 0.1) is 12.2 Å². The molecule has 24 heavy (non-hydrogen) atoms. The second-order valence-corrected chi connectivity index (χ2v) is 6.78. The SMILES string of the molecule is C[C@H]1[C@@H](NC(=O)[C@@H](C)OC(=O)c2ccc(CO)cc2)CCC[C@@H]1C. The normalized spacial score (nSPS) is 24.9. The van der Waals surface area contributed by atoms with Gasteiger partial charge in [-0.1, -0.05) is 38.8 Å². The summed E-state index contributed by atoms with van der Waals surface area (Å²) in [6.07, 6.45) is 2.45. The molecule has 0 radical (unpaired) electrons. The van der Waals surface area contributed by atoms with E-state index < -0.39 is 12.1 Å². The van der Waals surface area contributed by atoms with Crippen LogP contribution in [0.3, 0.4) is 0 Å². The number of aliphatic hydroxyl groups excluding tert-OH is 1. The zero-order chi connectivity index (χ0) is 17.7. The Morgan fingerprint density at radius 2 is 1.92 bits per heavy atom. The van der Waals surface area contributed by atoms with E-state index in [2.05, 4.69) is 19.2 Å². The molecule has 1 aromatic carbocycles. The fraction of sp³-hybridized carbons (Fsp3) is 0.579. The average molecular weight is 333 g/mol. The highest BCUT2D eigenvalue weighted by Gasteiger charge is 2.30. The van der Waals surface area contributed by atoms with Crippen molar-refractivity contribution in [3.63, 3.8) is 0 Å². The van der Waals surface area contributed by atoms with E-state index in [0.29, 0.717) is 17.4 Å². The largest absolute Gasteiger partial charge is 0.449 e. The van der Waals surface area contributed by atoms with Crippen molar-refractivity contribution in [2.24, 2.45) is 11.8 Å². The summed E-state index contributed by atoms with van der Waals surface area (Å²) in [5.74, 6) is 0.233. The van der Waals surface area contributed by atoms with Gasteiger partial charge in [-0.15, -0.1) is 0 Å². The van der Waals surface area contributed by atoms with E-state index in [9.17, 15) is 9.59 Å². The number of benzene rings is 1. The van der Waals surface area contributed by atoms with E-state index in [1.807, 2.05) is 0 Å². The Labute approximate surface area is 143 Å². The molecule has 0 spiro atoms. The molecule has 1 saturated carbocycles. The average Bonchev–Trinajstić information content (AvgIpc) is 2.58. The molecule has 5 nitrogen and oxygen atoms in total. The van der Waals surface area contributed by atoms with E-state index in [4.69, 9.17) is 9.84 Å².